The molecule has 12 nitrogen and oxygen atoms in total. The van der Waals surface area contributed by atoms with E-state index in [1.165, 1.54) is 0 Å². The van der Waals surface area contributed by atoms with Crippen LogP contribution in [0.25, 0.3) is 10.8 Å². The van der Waals surface area contributed by atoms with Gasteiger partial charge in [0.1, 0.15) is 13.2 Å². The summed E-state index contributed by atoms with van der Waals surface area (Å²) in [4.78, 5) is 20.3. The van der Waals surface area contributed by atoms with E-state index in [2.05, 4.69) is 26.9 Å². The van der Waals surface area contributed by atoms with Crippen molar-refractivity contribution in [3.63, 3.8) is 0 Å². The Morgan fingerprint density at radius 3 is 2.15 bits per heavy atom. The predicted molar refractivity (Wildman–Crippen MR) is 184 cm³/mol. The fourth-order valence-electron chi connectivity index (χ4n) is 5.86. The lowest BCUT2D eigenvalue weighted by molar-refractivity contribution is -0.00841. The number of carbonyl (C=O) groups is 1. The molecule has 3 aliphatic rings. The number of amides is 1. The molecule has 48 heavy (non-hydrogen) atoms. The van der Waals surface area contributed by atoms with Crippen LogP contribution in [-0.2, 0) is 18.9 Å². The van der Waals surface area contributed by atoms with E-state index in [1.807, 2.05) is 54.6 Å². The number of anilines is 1. The van der Waals surface area contributed by atoms with Crippen molar-refractivity contribution in [2.24, 2.45) is 4.99 Å². The monoisotopic (exact) mass is 661 g/mol. The van der Waals surface area contributed by atoms with Gasteiger partial charge >= 0.3 is 0 Å². The highest BCUT2D eigenvalue weighted by Gasteiger charge is 2.28. The molecule has 258 valence electrons. The van der Waals surface area contributed by atoms with Crippen molar-refractivity contribution in [2.45, 2.75) is 24.9 Å². The van der Waals surface area contributed by atoms with Crippen molar-refractivity contribution in [2.75, 3.05) is 97.6 Å². The molecule has 0 radical (unpaired) electrons. The van der Waals surface area contributed by atoms with Crippen LogP contribution in [0.4, 0.5) is 5.69 Å². The molecule has 0 bridgehead atoms. The molecule has 0 spiro atoms. The van der Waals surface area contributed by atoms with Crippen molar-refractivity contribution < 1.29 is 33.2 Å². The van der Waals surface area contributed by atoms with E-state index in [1.54, 1.807) is 0 Å². The van der Waals surface area contributed by atoms with Gasteiger partial charge in [0.15, 0.2) is 17.5 Å². The number of aliphatic imine (C=N–C) groups is 1. The van der Waals surface area contributed by atoms with Crippen LogP contribution in [0.3, 0.4) is 0 Å². The number of ether oxygens (including phenoxy) is 6. The first-order chi connectivity index (χ1) is 23.7. The van der Waals surface area contributed by atoms with Crippen molar-refractivity contribution in [3.05, 3.63) is 66.2 Å². The van der Waals surface area contributed by atoms with Gasteiger partial charge in [-0.05, 0) is 47.9 Å². The smallest absolute Gasteiger partial charge is 0.251 e. The zero-order valence-corrected chi connectivity index (χ0v) is 27.5. The Kier molecular flexibility index (Phi) is 12.6. The number of hydrogen-bond acceptors (Lipinski definition) is 11. The maximum atomic E-state index is 12.9. The minimum absolute atomic E-state index is 0.0613. The van der Waals surface area contributed by atoms with Crippen LogP contribution in [0.1, 0.15) is 23.2 Å². The summed E-state index contributed by atoms with van der Waals surface area (Å²) in [7, 11) is 0. The van der Waals surface area contributed by atoms with Gasteiger partial charge in [0.25, 0.3) is 5.91 Å². The summed E-state index contributed by atoms with van der Waals surface area (Å²) in [6, 6.07) is 20.0. The molecule has 0 aromatic heterocycles. The van der Waals surface area contributed by atoms with Crippen LogP contribution in [0, 0.1) is 0 Å². The van der Waals surface area contributed by atoms with Gasteiger partial charge in [0, 0.05) is 49.5 Å². The standard InChI is InChI=1S/C36H47N5O7/c42-35(29-6-5-27-3-1-2-4-28(27)23-29)38-26-32-10-12-41-11-9-31(39-36(41)40-32)25-37-30-7-8-33-34(24-30)48-22-20-46-18-16-44-14-13-43-15-17-45-19-21-47-33/h1-8,23-24,31-32,37H,9-22,25-26H2,(H,38,42)(H,39,40)/t31-,32-/m0/s1. The molecular weight excluding hydrogens is 614 g/mol. The van der Waals surface area contributed by atoms with Gasteiger partial charge in [-0.15, -0.1) is 0 Å². The zero-order valence-electron chi connectivity index (χ0n) is 27.5. The Balaban J connectivity index is 0.997. The number of guanidine groups is 1. The second-order valence-corrected chi connectivity index (χ2v) is 12.0. The van der Waals surface area contributed by atoms with Gasteiger partial charge in [-0.1, -0.05) is 30.3 Å². The van der Waals surface area contributed by atoms with Crippen molar-refractivity contribution in [1.29, 1.82) is 0 Å². The molecule has 3 aromatic rings. The Bertz CT molecular complexity index is 1500. The summed E-state index contributed by atoms with van der Waals surface area (Å²) in [5.41, 5.74) is 1.60. The van der Waals surface area contributed by atoms with E-state index in [0.717, 1.165) is 48.4 Å². The molecule has 1 amide bonds. The van der Waals surface area contributed by atoms with Crippen LogP contribution in [0.5, 0.6) is 11.5 Å². The van der Waals surface area contributed by atoms with Crippen LogP contribution in [0.15, 0.2) is 65.7 Å². The second kappa shape index (κ2) is 17.9. The van der Waals surface area contributed by atoms with Crippen LogP contribution in [0.2, 0.25) is 0 Å². The van der Waals surface area contributed by atoms with E-state index in [0.29, 0.717) is 96.2 Å². The van der Waals surface area contributed by atoms with Gasteiger partial charge in [-0.25, -0.2) is 4.99 Å². The number of fused-ring (bicyclic) bond motifs is 3. The number of benzene rings is 3. The van der Waals surface area contributed by atoms with Gasteiger partial charge < -0.3 is 49.3 Å². The van der Waals surface area contributed by atoms with Crippen LogP contribution < -0.4 is 25.4 Å². The van der Waals surface area contributed by atoms with Crippen molar-refractivity contribution >= 4 is 28.3 Å². The largest absolute Gasteiger partial charge is 0.487 e. The Labute approximate surface area is 282 Å². The first-order valence-corrected chi connectivity index (χ1v) is 17.0. The van der Waals surface area contributed by atoms with Crippen molar-refractivity contribution in [1.82, 2.24) is 15.5 Å². The highest BCUT2D eigenvalue weighted by atomic mass is 16.6. The third-order valence-electron chi connectivity index (χ3n) is 8.51. The molecule has 2 atom stereocenters. The highest BCUT2D eigenvalue weighted by Crippen LogP contribution is 2.31. The molecule has 0 saturated carbocycles. The van der Waals surface area contributed by atoms with Gasteiger partial charge in [0.2, 0.25) is 0 Å². The molecule has 6 rings (SSSR count). The molecule has 3 aromatic carbocycles. The molecule has 3 aliphatic heterocycles. The number of nitrogens with one attached hydrogen (secondary N) is 3. The molecule has 12 heteroatoms. The number of nitrogens with zero attached hydrogens (tertiary/aromatic N) is 2. The first kappa shape index (κ1) is 33.8. The average molecular weight is 662 g/mol. The lowest BCUT2D eigenvalue weighted by Crippen LogP contribution is -2.58. The molecule has 1 saturated heterocycles. The zero-order chi connectivity index (χ0) is 32.8. The topological polar surface area (TPSA) is 124 Å². The summed E-state index contributed by atoms with van der Waals surface area (Å²) in [6.07, 6.45) is 1.90. The van der Waals surface area contributed by atoms with Crippen LogP contribution in [-0.4, -0.2) is 121 Å². The van der Waals surface area contributed by atoms with Crippen molar-refractivity contribution in [3.8, 4) is 11.5 Å². The first-order valence-electron chi connectivity index (χ1n) is 17.0. The van der Waals surface area contributed by atoms with Crippen LogP contribution >= 0.6 is 0 Å². The number of hydrogen-bond donors (Lipinski definition) is 3. The third-order valence-corrected chi connectivity index (χ3v) is 8.51. The molecule has 3 heterocycles. The summed E-state index contributed by atoms with van der Waals surface area (Å²) < 4.78 is 34.3. The quantitative estimate of drug-likeness (QED) is 0.363. The number of carbonyl (C=O) groups excluding carboxylic acids is 1. The lowest BCUT2D eigenvalue weighted by Gasteiger charge is -2.40. The summed E-state index contributed by atoms with van der Waals surface area (Å²) >= 11 is 0. The fraction of sp³-hybridized carbons (Fsp3) is 0.500. The van der Waals surface area contributed by atoms with Gasteiger partial charge in [0.05, 0.1) is 58.9 Å². The molecular formula is C36H47N5O7. The maximum Gasteiger partial charge on any atom is 0.251 e. The van der Waals surface area contributed by atoms with E-state index in [-0.39, 0.29) is 18.0 Å². The molecule has 3 N–H and O–H groups in total. The molecule has 1 fully saturated rings. The van der Waals surface area contributed by atoms with E-state index in [4.69, 9.17) is 33.4 Å². The third kappa shape index (κ3) is 9.96. The van der Waals surface area contributed by atoms with E-state index < -0.39 is 0 Å². The maximum absolute atomic E-state index is 12.9. The average Bonchev–Trinajstić information content (AvgIpc) is 3.12. The van der Waals surface area contributed by atoms with Gasteiger partial charge in [-0.3, -0.25) is 4.79 Å². The normalized spacial score (nSPS) is 21.5. The van der Waals surface area contributed by atoms with Gasteiger partial charge in [-0.2, -0.15) is 0 Å². The Morgan fingerprint density at radius 1 is 0.729 bits per heavy atom. The highest BCUT2D eigenvalue weighted by molar-refractivity contribution is 5.98. The van der Waals surface area contributed by atoms with E-state index in [9.17, 15) is 4.79 Å². The summed E-state index contributed by atoms with van der Waals surface area (Å²) in [6.45, 7) is 7.85. The minimum atomic E-state index is -0.0613. The Hall–Kier alpha value is -4.10. The summed E-state index contributed by atoms with van der Waals surface area (Å²) in [5.74, 6) is 2.15. The second-order valence-electron chi connectivity index (χ2n) is 12.0. The molecule has 0 aliphatic carbocycles. The number of rotatable bonds is 6. The summed E-state index contributed by atoms with van der Waals surface area (Å²) in [5, 5.41) is 12.4. The SMILES string of the molecule is O=C(NC[C@@H]1CCN2CC[C@@H](CNc3ccc4c(c3)OCCOCCOCCOCCOCCO4)N=C2N1)c1ccc2ccccc2c1. The predicted octanol–water partition coefficient (Wildman–Crippen LogP) is 3.31. The van der Waals surface area contributed by atoms with E-state index >= 15 is 0 Å². The fourth-order valence-corrected chi connectivity index (χ4v) is 5.86. The lowest BCUT2D eigenvalue weighted by atomic mass is 10.1. The Morgan fingerprint density at radius 2 is 1.40 bits per heavy atom. The molecule has 0 unspecified atom stereocenters. The minimum Gasteiger partial charge on any atom is -0.487 e.